The predicted octanol–water partition coefficient (Wildman–Crippen LogP) is 2.13. The summed E-state index contributed by atoms with van der Waals surface area (Å²) >= 11 is 0. The number of piperidine rings is 1. The summed E-state index contributed by atoms with van der Waals surface area (Å²) in [6.07, 6.45) is 1.96. The van der Waals surface area contributed by atoms with Crippen LogP contribution in [0.2, 0.25) is 0 Å². The van der Waals surface area contributed by atoms with Crippen molar-refractivity contribution in [2.24, 2.45) is 17.8 Å². The Morgan fingerprint density at radius 1 is 1.29 bits per heavy atom. The van der Waals surface area contributed by atoms with Crippen LogP contribution in [0.1, 0.15) is 24.8 Å². The summed E-state index contributed by atoms with van der Waals surface area (Å²) in [5, 5.41) is 17.8. The van der Waals surface area contributed by atoms with Gasteiger partial charge in [-0.2, -0.15) is 0 Å². The minimum Gasteiger partial charge on any atom is -0.465 e. The van der Waals surface area contributed by atoms with Crippen LogP contribution in [0.4, 0.5) is 9.18 Å². The number of benzene rings is 1. The van der Waals surface area contributed by atoms with E-state index in [4.69, 9.17) is 14.9 Å². The van der Waals surface area contributed by atoms with E-state index in [1.54, 1.807) is 0 Å². The van der Waals surface area contributed by atoms with Crippen LogP contribution in [-0.2, 0) is 21.2 Å². The van der Waals surface area contributed by atoms with Gasteiger partial charge in [0.05, 0.1) is 30.5 Å². The Balaban J connectivity index is 1.43. The fourth-order valence-electron chi connectivity index (χ4n) is 3.96. The van der Waals surface area contributed by atoms with Gasteiger partial charge in [-0.15, -0.1) is 0 Å². The van der Waals surface area contributed by atoms with E-state index < -0.39 is 34.1 Å². The topological polar surface area (TPSA) is 104 Å². The third-order valence-corrected chi connectivity index (χ3v) is 7.42. The van der Waals surface area contributed by atoms with E-state index in [1.807, 2.05) is 0 Å². The van der Waals surface area contributed by atoms with E-state index in [1.165, 1.54) is 17.0 Å². The maximum absolute atomic E-state index is 14.2. The fourth-order valence-corrected chi connectivity index (χ4v) is 4.99. The molecule has 0 aromatic heterocycles. The minimum absolute atomic E-state index is 0.0762. The molecule has 156 valence electrons. The summed E-state index contributed by atoms with van der Waals surface area (Å²) in [5.74, 6) is 0.432. The van der Waals surface area contributed by atoms with Gasteiger partial charge in [-0.25, -0.2) is 17.6 Å². The molecule has 1 aliphatic carbocycles. The number of hydrogen-bond acceptors (Lipinski definition) is 5. The zero-order valence-electron chi connectivity index (χ0n) is 15.6. The van der Waals surface area contributed by atoms with Crippen molar-refractivity contribution in [3.8, 4) is 0 Å². The van der Waals surface area contributed by atoms with Crippen molar-refractivity contribution in [2.75, 3.05) is 32.1 Å². The van der Waals surface area contributed by atoms with Crippen LogP contribution >= 0.6 is 0 Å². The lowest BCUT2D eigenvalue weighted by molar-refractivity contribution is 0.0952. The van der Waals surface area contributed by atoms with Gasteiger partial charge in [0.1, 0.15) is 5.82 Å². The molecule has 1 aliphatic heterocycles. The number of rotatable bonds is 8. The number of ether oxygens (including phenoxy) is 1. The van der Waals surface area contributed by atoms with Crippen LogP contribution in [0.3, 0.4) is 0 Å². The summed E-state index contributed by atoms with van der Waals surface area (Å²) in [4.78, 5) is 12.3. The van der Waals surface area contributed by atoms with Gasteiger partial charge in [-0.1, -0.05) is 6.07 Å². The Bertz CT molecular complexity index is 807. The van der Waals surface area contributed by atoms with Crippen LogP contribution in [0.25, 0.3) is 0 Å². The number of hydrogen-bond donors (Lipinski definition) is 2. The van der Waals surface area contributed by atoms with Gasteiger partial charge >= 0.3 is 6.09 Å². The molecule has 0 radical (unpaired) electrons. The van der Waals surface area contributed by atoms with Crippen molar-refractivity contribution in [3.63, 3.8) is 0 Å². The Kier molecular flexibility index (Phi) is 6.57. The summed E-state index contributed by atoms with van der Waals surface area (Å²) in [6.45, 7) is 1.26. The van der Waals surface area contributed by atoms with Crippen molar-refractivity contribution in [1.29, 1.82) is 0 Å². The largest absolute Gasteiger partial charge is 0.465 e. The number of carbonyl (C=O) groups is 1. The van der Waals surface area contributed by atoms with Gasteiger partial charge in [0.25, 0.3) is 0 Å². The molecule has 3 rings (SSSR count). The second kappa shape index (κ2) is 8.75. The van der Waals surface area contributed by atoms with Crippen LogP contribution in [0.5, 0.6) is 0 Å². The van der Waals surface area contributed by atoms with Crippen LogP contribution in [0.15, 0.2) is 23.1 Å². The molecule has 1 saturated heterocycles. The lowest BCUT2D eigenvalue weighted by Crippen LogP contribution is -2.38. The molecule has 2 fully saturated rings. The first-order chi connectivity index (χ1) is 13.3. The molecule has 1 heterocycles. The third kappa shape index (κ3) is 5.01. The SMILES string of the molecule is O=C(O)N1CCC([C@H]2C[C@H]2COCc2ccc(S(=O)(=O)CCO)cc2F)CC1. The molecule has 0 unspecified atom stereocenters. The molecule has 2 aliphatic rings. The number of sulfone groups is 1. The van der Waals surface area contributed by atoms with Crippen molar-refractivity contribution >= 4 is 15.9 Å². The van der Waals surface area contributed by atoms with E-state index in [2.05, 4.69) is 0 Å². The monoisotopic (exact) mass is 415 g/mol. The third-order valence-electron chi connectivity index (χ3n) is 5.73. The highest BCUT2D eigenvalue weighted by Gasteiger charge is 2.43. The van der Waals surface area contributed by atoms with E-state index in [0.717, 1.165) is 25.3 Å². The average Bonchev–Trinajstić information content (AvgIpc) is 3.42. The van der Waals surface area contributed by atoms with Crippen LogP contribution < -0.4 is 0 Å². The summed E-state index contributed by atoms with van der Waals surface area (Å²) in [5.41, 5.74) is 0.301. The normalized spacial score (nSPS) is 23.0. The maximum Gasteiger partial charge on any atom is 0.407 e. The Morgan fingerprint density at radius 3 is 2.61 bits per heavy atom. The average molecular weight is 415 g/mol. The molecule has 0 bridgehead atoms. The number of halogens is 1. The smallest absolute Gasteiger partial charge is 0.407 e. The van der Waals surface area contributed by atoms with Gasteiger partial charge in [0.2, 0.25) is 0 Å². The number of aliphatic hydroxyl groups is 1. The van der Waals surface area contributed by atoms with Crippen molar-refractivity contribution < 1.29 is 32.6 Å². The fraction of sp³-hybridized carbons (Fsp3) is 0.632. The number of aliphatic hydroxyl groups excluding tert-OH is 1. The molecule has 2 N–H and O–H groups in total. The molecule has 1 amide bonds. The van der Waals surface area contributed by atoms with E-state index >= 15 is 0 Å². The van der Waals surface area contributed by atoms with Gasteiger partial charge in [-0.3, -0.25) is 0 Å². The van der Waals surface area contributed by atoms with Gasteiger partial charge in [0, 0.05) is 18.7 Å². The number of likely N-dealkylation sites (tertiary alicyclic amines) is 1. The van der Waals surface area contributed by atoms with Crippen LogP contribution in [-0.4, -0.2) is 61.7 Å². The van der Waals surface area contributed by atoms with Crippen LogP contribution in [0, 0.1) is 23.6 Å². The first kappa shape index (κ1) is 21.0. The number of carboxylic acid groups (broad SMARTS) is 1. The second-order valence-corrected chi connectivity index (χ2v) is 9.69. The predicted molar refractivity (Wildman–Crippen MR) is 99.1 cm³/mol. The van der Waals surface area contributed by atoms with E-state index in [0.29, 0.717) is 43.0 Å². The lowest BCUT2D eigenvalue weighted by atomic mass is 9.91. The second-order valence-electron chi connectivity index (χ2n) is 7.58. The zero-order valence-corrected chi connectivity index (χ0v) is 16.4. The number of amides is 1. The first-order valence-corrected chi connectivity index (χ1v) is 11.1. The molecular formula is C19H26FNO6S. The molecule has 0 spiro atoms. The molecule has 28 heavy (non-hydrogen) atoms. The zero-order chi connectivity index (χ0) is 20.3. The number of nitrogens with zero attached hydrogens (tertiary/aromatic N) is 1. The molecule has 2 atom stereocenters. The molecule has 1 aromatic carbocycles. The Labute approximate surface area is 164 Å². The molecular weight excluding hydrogens is 389 g/mol. The van der Waals surface area contributed by atoms with E-state index in [9.17, 15) is 17.6 Å². The van der Waals surface area contributed by atoms with Gasteiger partial charge in [0.15, 0.2) is 9.84 Å². The molecule has 9 heteroatoms. The van der Waals surface area contributed by atoms with Crippen molar-refractivity contribution in [3.05, 3.63) is 29.6 Å². The van der Waals surface area contributed by atoms with Gasteiger partial charge < -0.3 is 19.8 Å². The Hall–Kier alpha value is -1.71. The summed E-state index contributed by atoms with van der Waals surface area (Å²) in [7, 11) is -3.67. The standard InChI is InChI=1S/C19H26FNO6S/c20-18-10-16(28(25,26)8-7-22)2-1-14(18)11-27-12-15-9-17(15)13-3-5-21(6-4-13)19(23)24/h1-2,10,13,15,17,22H,3-9,11-12H2,(H,23,24)/t15-,17+/m0/s1. The van der Waals surface area contributed by atoms with E-state index in [-0.39, 0.29) is 11.5 Å². The quantitative estimate of drug-likeness (QED) is 0.674. The van der Waals surface area contributed by atoms with Crippen molar-refractivity contribution in [2.45, 2.75) is 30.8 Å². The highest BCUT2D eigenvalue weighted by molar-refractivity contribution is 7.91. The van der Waals surface area contributed by atoms with Crippen molar-refractivity contribution in [1.82, 2.24) is 4.90 Å². The highest BCUT2D eigenvalue weighted by atomic mass is 32.2. The van der Waals surface area contributed by atoms with Gasteiger partial charge in [-0.05, 0) is 49.1 Å². The summed E-state index contributed by atoms with van der Waals surface area (Å²) < 4.78 is 43.5. The Morgan fingerprint density at radius 2 is 2.00 bits per heavy atom. The molecule has 1 saturated carbocycles. The lowest BCUT2D eigenvalue weighted by Gasteiger charge is -2.30. The summed E-state index contributed by atoms with van der Waals surface area (Å²) in [6, 6.07) is 3.72. The highest BCUT2D eigenvalue weighted by Crippen LogP contribution is 2.48. The molecule has 7 nitrogen and oxygen atoms in total. The minimum atomic E-state index is -3.67. The maximum atomic E-state index is 14.2. The first-order valence-electron chi connectivity index (χ1n) is 9.49. The molecule has 1 aromatic rings.